The largest absolute Gasteiger partial charge is 0.477 e. The molecule has 3 heteroatoms. The van der Waals surface area contributed by atoms with E-state index in [1.54, 1.807) is 6.08 Å². The zero-order valence-corrected chi connectivity index (χ0v) is 6.32. The number of carbonyl (C=O) groups is 1. The smallest absolute Gasteiger partial charge is 0.354 e. The van der Waals surface area contributed by atoms with Crippen LogP contribution in [0.15, 0.2) is 40.6 Å². The highest BCUT2D eigenvalue weighted by atomic mass is 16.4. The third-order valence-corrected chi connectivity index (χ3v) is 1.82. The minimum Gasteiger partial charge on any atom is -0.477 e. The predicted octanol–water partition coefficient (Wildman–Crippen LogP) is 1.30. The van der Waals surface area contributed by atoms with Gasteiger partial charge in [0.25, 0.3) is 0 Å². The van der Waals surface area contributed by atoms with Crippen LogP contribution in [0.2, 0.25) is 0 Å². The number of fused-ring (bicyclic) bond motifs is 1. The van der Waals surface area contributed by atoms with Gasteiger partial charge in [0.15, 0.2) is 0 Å². The SMILES string of the molecule is O=C(O)C1=CC2=CC=CCC2=N1. The van der Waals surface area contributed by atoms with Gasteiger partial charge in [0.1, 0.15) is 5.70 Å². The molecular formula is C9H7NO2. The maximum atomic E-state index is 10.5. The Balaban J connectivity index is 2.38. The lowest BCUT2D eigenvalue weighted by atomic mass is 10.0. The van der Waals surface area contributed by atoms with Crippen LogP contribution in [0.5, 0.6) is 0 Å². The number of allylic oxidation sites excluding steroid dienone is 5. The summed E-state index contributed by atoms with van der Waals surface area (Å²) >= 11 is 0. The molecule has 2 rings (SSSR count). The summed E-state index contributed by atoms with van der Waals surface area (Å²) in [5, 5.41) is 8.64. The summed E-state index contributed by atoms with van der Waals surface area (Å²) in [6.45, 7) is 0. The Kier molecular flexibility index (Phi) is 1.43. The molecule has 0 fully saturated rings. The maximum Gasteiger partial charge on any atom is 0.354 e. The molecule has 0 unspecified atom stereocenters. The van der Waals surface area contributed by atoms with Gasteiger partial charge in [0, 0.05) is 6.42 Å². The maximum absolute atomic E-state index is 10.5. The van der Waals surface area contributed by atoms with E-state index in [1.807, 2.05) is 18.2 Å². The summed E-state index contributed by atoms with van der Waals surface area (Å²) in [5.74, 6) is -0.960. The molecule has 12 heavy (non-hydrogen) atoms. The van der Waals surface area contributed by atoms with Crippen molar-refractivity contribution in [1.29, 1.82) is 0 Å². The number of hydrogen-bond acceptors (Lipinski definition) is 2. The topological polar surface area (TPSA) is 49.7 Å². The van der Waals surface area contributed by atoms with Crippen LogP contribution in [0.4, 0.5) is 0 Å². The first-order valence-corrected chi connectivity index (χ1v) is 3.67. The molecule has 0 aromatic rings. The number of carboxylic acids is 1. The van der Waals surface area contributed by atoms with Crippen LogP contribution >= 0.6 is 0 Å². The van der Waals surface area contributed by atoms with Gasteiger partial charge in [-0.15, -0.1) is 0 Å². The standard InChI is InChI=1S/C9H7NO2/c11-9(12)8-5-6-3-1-2-4-7(6)10-8/h1-3,5H,4H2,(H,11,12). The van der Waals surface area contributed by atoms with Gasteiger partial charge < -0.3 is 5.11 Å². The molecule has 1 aliphatic heterocycles. The third-order valence-electron chi connectivity index (χ3n) is 1.82. The first-order chi connectivity index (χ1) is 5.77. The summed E-state index contributed by atoms with van der Waals surface area (Å²) in [7, 11) is 0. The van der Waals surface area contributed by atoms with E-state index in [0.29, 0.717) is 0 Å². The Bertz CT molecular complexity index is 356. The molecule has 0 saturated carbocycles. The predicted molar refractivity (Wildman–Crippen MR) is 45.0 cm³/mol. The number of aliphatic imine (C=N–C) groups is 1. The molecular weight excluding hydrogens is 154 g/mol. The Labute approximate surface area is 69.4 Å². The normalized spacial score (nSPS) is 19.5. The van der Waals surface area contributed by atoms with Gasteiger partial charge >= 0.3 is 5.97 Å². The molecule has 0 aromatic heterocycles. The van der Waals surface area contributed by atoms with Crippen molar-refractivity contribution < 1.29 is 9.90 Å². The van der Waals surface area contributed by atoms with E-state index in [4.69, 9.17) is 5.11 Å². The van der Waals surface area contributed by atoms with E-state index < -0.39 is 5.97 Å². The van der Waals surface area contributed by atoms with Gasteiger partial charge in [0.05, 0.1) is 5.71 Å². The second-order valence-corrected chi connectivity index (χ2v) is 2.65. The fourth-order valence-electron chi connectivity index (χ4n) is 1.24. The lowest BCUT2D eigenvalue weighted by Gasteiger charge is -2.00. The van der Waals surface area contributed by atoms with Crippen LogP contribution in [0.3, 0.4) is 0 Å². The van der Waals surface area contributed by atoms with Crippen LogP contribution in [-0.4, -0.2) is 16.8 Å². The highest BCUT2D eigenvalue weighted by molar-refractivity contribution is 6.11. The minimum atomic E-state index is -0.960. The fourth-order valence-corrected chi connectivity index (χ4v) is 1.24. The summed E-state index contributed by atoms with van der Waals surface area (Å²) in [6, 6.07) is 0. The highest BCUT2D eigenvalue weighted by Gasteiger charge is 2.18. The van der Waals surface area contributed by atoms with Gasteiger partial charge in [-0.3, -0.25) is 0 Å². The Morgan fingerprint density at radius 2 is 2.42 bits per heavy atom. The monoisotopic (exact) mass is 161 g/mol. The van der Waals surface area contributed by atoms with Crippen LogP contribution in [0.25, 0.3) is 0 Å². The van der Waals surface area contributed by atoms with Gasteiger partial charge in [-0.2, -0.15) is 0 Å². The van der Waals surface area contributed by atoms with Crippen LogP contribution in [-0.2, 0) is 4.79 Å². The van der Waals surface area contributed by atoms with Crippen molar-refractivity contribution in [2.24, 2.45) is 4.99 Å². The average Bonchev–Trinajstić information content (AvgIpc) is 2.46. The van der Waals surface area contributed by atoms with Crippen molar-refractivity contribution in [2.45, 2.75) is 6.42 Å². The molecule has 0 radical (unpaired) electrons. The molecule has 0 saturated heterocycles. The first kappa shape index (κ1) is 7.03. The molecule has 1 heterocycles. The van der Waals surface area contributed by atoms with E-state index in [9.17, 15) is 4.79 Å². The molecule has 1 N–H and O–H groups in total. The molecule has 0 spiro atoms. The van der Waals surface area contributed by atoms with Crippen molar-refractivity contribution in [3.63, 3.8) is 0 Å². The van der Waals surface area contributed by atoms with Crippen molar-refractivity contribution in [3.8, 4) is 0 Å². The molecule has 2 aliphatic rings. The Morgan fingerprint density at radius 3 is 3.08 bits per heavy atom. The van der Waals surface area contributed by atoms with E-state index in [1.165, 1.54) is 0 Å². The first-order valence-electron chi connectivity index (χ1n) is 3.67. The van der Waals surface area contributed by atoms with Crippen molar-refractivity contribution in [3.05, 3.63) is 35.6 Å². The van der Waals surface area contributed by atoms with Gasteiger partial charge in [-0.05, 0) is 11.6 Å². The minimum absolute atomic E-state index is 0.139. The molecule has 0 aromatic carbocycles. The number of nitrogens with zero attached hydrogens (tertiary/aromatic N) is 1. The van der Waals surface area contributed by atoms with Gasteiger partial charge in [0.2, 0.25) is 0 Å². The molecule has 0 atom stereocenters. The quantitative estimate of drug-likeness (QED) is 0.630. The van der Waals surface area contributed by atoms with Crippen LogP contribution in [0.1, 0.15) is 6.42 Å². The highest BCUT2D eigenvalue weighted by Crippen LogP contribution is 2.21. The Morgan fingerprint density at radius 1 is 1.58 bits per heavy atom. The number of hydrogen-bond donors (Lipinski definition) is 1. The zero-order valence-electron chi connectivity index (χ0n) is 6.32. The molecule has 0 amide bonds. The number of aliphatic carboxylic acids is 1. The second-order valence-electron chi connectivity index (χ2n) is 2.65. The third kappa shape index (κ3) is 0.993. The fraction of sp³-hybridized carbons (Fsp3) is 0.111. The molecule has 1 aliphatic carbocycles. The van der Waals surface area contributed by atoms with E-state index >= 15 is 0 Å². The van der Waals surface area contributed by atoms with Crippen molar-refractivity contribution in [2.75, 3.05) is 0 Å². The Hall–Kier alpha value is -1.64. The lowest BCUT2D eigenvalue weighted by molar-refractivity contribution is -0.132. The van der Waals surface area contributed by atoms with E-state index in [2.05, 4.69) is 4.99 Å². The molecule has 3 nitrogen and oxygen atoms in total. The second kappa shape index (κ2) is 2.44. The summed E-state index contributed by atoms with van der Waals surface area (Å²) < 4.78 is 0. The summed E-state index contributed by atoms with van der Waals surface area (Å²) in [4.78, 5) is 14.5. The summed E-state index contributed by atoms with van der Waals surface area (Å²) in [6.07, 6.45) is 8.08. The van der Waals surface area contributed by atoms with Crippen molar-refractivity contribution in [1.82, 2.24) is 0 Å². The molecule has 60 valence electrons. The summed E-state index contributed by atoms with van der Waals surface area (Å²) in [5.41, 5.74) is 1.92. The lowest BCUT2D eigenvalue weighted by Crippen LogP contribution is -1.98. The van der Waals surface area contributed by atoms with Gasteiger partial charge in [-0.25, -0.2) is 9.79 Å². The van der Waals surface area contributed by atoms with Crippen LogP contribution < -0.4 is 0 Å². The molecule has 0 bridgehead atoms. The van der Waals surface area contributed by atoms with E-state index in [0.717, 1.165) is 17.7 Å². The van der Waals surface area contributed by atoms with Gasteiger partial charge in [-0.1, -0.05) is 18.2 Å². The van der Waals surface area contributed by atoms with Crippen molar-refractivity contribution >= 4 is 11.7 Å². The number of carboxylic acid groups (broad SMARTS) is 1. The average molecular weight is 161 g/mol. The zero-order chi connectivity index (χ0) is 8.55. The van der Waals surface area contributed by atoms with Crippen LogP contribution in [0, 0.1) is 0 Å². The number of rotatable bonds is 1. The van der Waals surface area contributed by atoms with E-state index in [-0.39, 0.29) is 5.70 Å².